The molecule has 2 amide bonds. The highest BCUT2D eigenvalue weighted by molar-refractivity contribution is 7.80. The Balaban J connectivity index is 1.83. The van der Waals surface area contributed by atoms with Crippen molar-refractivity contribution < 1.29 is 19.1 Å². The van der Waals surface area contributed by atoms with E-state index in [1.807, 2.05) is 0 Å². The number of thiocarbonyl (C=S) groups is 1. The van der Waals surface area contributed by atoms with Crippen molar-refractivity contribution in [3.63, 3.8) is 0 Å². The van der Waals surface area contributed by atoms with E-state index in [2.05, 4.69) is 23.1 Å². The van der Waals surface area contributed by atoms with Crippen molar-refractivity contribution in [2.45, 2.75) is 19.8 Å². The lowest BCUT2D eigenvalue weighted by Gasteiger charge is -2.12. The largest absolute Gasteiger partial charge is 0.496 e. The summed E-state index contributed by atoms with van der Waals surface area (Å²) in [5.74, 6) is 0.291. The molecule has 0 heterocycles. The molecule has 2 aromatic rings. The van der Waals surface area contributed by atoms with Gasteiger partial charge in [0.05, 0.1) is 19.3 Å². The lowest BCUT2D eigenvalue weighted by atomic mass is 10.2. The van der Waals surface area contributed by atoms with Crippen molar-refractivity contribution in [2.24, 2.45) is 0 Å². The number of methoxy groups -OCH3 is 1. The third-order valence-electron chi connectivity index (χ3n) is 3.75. The number of unbranched alkanes of at least 4 members (excludes halogenated alkanes) is 1. The van der Waals surface area contributed by atoms with Gasteiger partial charge in [-0.3, -0.25) is 25.8 Å². The zero-order chi connectivity index (χ0) is 20.4. The molecule has 0 aliphatic carbocycles. The van der Waals surface area contributed by atoms with Crippen molar-refractivity contribution in [3.8, 4) is 11.5 Å². The zero-order valence-electron chi connectivity index (χ0n) is 15.8. The monoisotopic (exact) mass is 401 g/mol. The first kappa shape index (κ1) is 21.2. The molecule has 2 rings (SSSR count). The molecule has 0 fully saturated rings. The van der Waals surface area contributed by atoms with E-state index in [0.717, 1.165) is 12.8 Å². The topological polar surface area (TPSA) is 88.7 Å². The maximum absolute atomic E-state index is 12.2. The molecule has 0 atom stereocenters. The minimum atomic E-state index is -0.442. The molecule has 2 aromatic carbocycles. The number of ether oxygens (including phenoxy) is 2. The highest BCUT2D eigenvalue weighted by Gasteiger charge is 2.12. The fraction of sp³-hybridized carbons (Fsp3) is 0.250. The van der Waals surface area contributed by atoms with Crippen LogP contribution in [-0.2, 0) is 0 Å². The minimum Gasteiger partial charge on any atom is -0.496 e. The molecule has 0 aliphatic heterocycles. The summed E-state index contributed by atoms with van der Waals surface area (Å²) in [6, 6.07) is 13.5. The quantitative estimate of drug-likeness (QED) is 0.376. The number of hydrogen-bond acceptors (Lipinski definition) is 5. The van der Waals surface area contributed by atoms with Crippen LogP contribution in [0.3, 0.4) is 0 Å². The fourth-order valence-corrected chi connectivity index (χ4v) is 2.40. The van der Waals surface area contributed by atoms with Gasteiger partial charge in [-0.05, 0) is 55.0 Å². The van der Waals surface area contributed by atoms with E-state index in [-0.39, 0.29) is 5.11 Å². The van der Waals surface area contributed by atoms with Gasteiger partial charge in [0.25, 0.3) is 11.8 Å². The van der Waals surface area contributed by atoms with Gasteiger partial charge in [0.1, 0.15) is 11.5 Å². The van der Waals surface area contributed by atoms with E-state index in [9.17, 15) is 9.59 Å². The number of rotatable bonds is 7. The summed E-state index contributed by atoms with van der Waals surface area (Å²) in [4.78, 5) is 24.4. The minimum absolute atomic E-state index is 0.0310. The molecule has 0 saturated carbocycles. The Labute approximate surface area is 169 Å². The van der Waals surface area contributed by atoms with Gasteiger partial charge in [0.2, 0.25) is 0 Å². The molecule has 0 radical (unpaired) electrons. The van der Waals surface area contributed by atoms with Crippen molar-refractivity contribution in [3.05, 3.63) is 59.7 Å². The summed E-state index contributed by atoms with van der Waals surface area (Å²) in [7, 11) is 1.48. The first-order valence-corrected chi connectivity index (χ1v) is 9.23. The van der Waals surface area contributed by atoms with Gasteiger partial charge in [-0.1, -0.05) is 25.5 Å². The van der Waals surface area contributed by atoms with E-state index in [1.165, 1.54) is 7.11 Å². The summed E-state index contributed by atoms with van der Waals surface area (Å²) in [5, 5.41) is 2.47. The van der Waals surface area contributed by atoms with Gasteiger partial charge >= 0.3 is 0 Å². The van der Waals surface area contributed by atoms with E-state index in [1.54, 1.807) is 48.5 Å². The summed E-state index contributed by atoms with van der Waals surface area (Å²) < 4.78 is 10.7. The normalized spacial score (nSPS) is 9.93. The smallest absolute Gasteiger partial charge is 0.273 e. The molecule has 8 heteroatoms. The average Bonchev–Trinajstić information content (AvgIpc) is 2.72. The van der Waals surface area contributed by atoms with Crippen LogP contribution < -0.4 is 25.6 Å². The van der Waals surface area contributed by atoms with Crippen LogP contribution >= 0.6 is 12.2 Å². The predicted molar refractivity (Wildman–Crippen MR) is 111 cm³/mol. The zero-order valence-corrected chi connectivity index (χ0v) is 16.6. The molecular weight excluding hydrogens is 378 g/mol. The fourth-order valence-electron chi connectivity index (χ4n) is 2.26. The van der Waals surface area contributed by atoms with Gasteiger partial charge in [0, 0.05) is 5.56 Å². The van der Waals surface area contributed by atoms with Gasteiger partial charge in [-0.25, -0.2) is 0 Å². The van der Waals surface area contributed by atoms with Crippen LogP contribution in [0, 0.1) is 0 Å². The van der Waals surface area contributed by atoms with Gasteiger partial charge < -0.3 is 9.47 Å². The predicted octanol–water partition coefficient (Wildman–Crippen LogP) is 2.82. The number of hydrogen-bond donors (Lipinski definition) is 3. The Morgan fingerprint density at radius 2 is 1.71 bits per heavy atom. The van der Waals surface area contributed by atoms with Crippen LogP contribution in [0.1, 0.15) is 40.5 Å². The highest BCUT2D eigenvalue weighted by Crippen LogP contribution is 2.16. The molecule has 28 heavy (non-hydrogen) atoms. The van der Waals surface area contributed by atoms with Crippen LogP contribution in [0.4, 0.5) is 0 Å². The summed E-state index contributed by atoms with van der Waals surface area (Å²) in [6.07, 6.45) is 2.03. The summed E-state index contributed by atoms with van der Waals surface area (Å²) >= 11 is 5.04. The number of carbonyl (C=O) groups is 2. The summed E-state index contributed by atoms with van der Waals surface area (Å²) in [6.45, 7) is 2.73. The van der Waals surface area contributed by atoms with Crippen molar-refractivity contribution >= 4 is 29.1 Å². The molecule has 0 spiro atoms. The number of para-hydroxylation sites is 1. The lowest BCUT2D eigenvalue weighted by molar-refractivity contribution is 0.0932. The summed E-state index contributed by atoms with van der Waals surface area (Å²) in [5.41, 5.74) is 5.68. The van der Waals surface area contributed by atoms with Crippen molar-refractivity contribution in [2.75, 3.05) is 13.7 Å². The number of hydrazine groups is 1. The Morgan fingerprint density at radius 1 is 1.00 bits per heavy atom. The highest BCUT2D eigenvalue weighted by atomic mass is 32.1. The second-order valence-corrected chi connectivity index (χ2v) is 6.20. The number of amides is 2. The maximum Gasteiger partial charge on any atom is 0.273 e. The molecular formula is C20H23N3O4S. The van der Waals surface area contributed by atoms with Crippen LogP contribution in [0.15, 0.2) is 48.5 Å². The van der Waals surface area contributed by atoms with Gasteiger partial charge in [-0.15, -0.1) is 0 Å². The second-order valence-electron chi connectivity index (χ2n) is 5.79. The van der Waals surface area contributed by atoms with Crippen molar-refractivity contribution in [1.29, 1.82) is 0 Å². The van der Waals surface area contributed by atoms with Crippen LogP contribution in [0.25, 0.3) is 0 Å². The number of benzene rings is 2. The van der Waals surface area contributed by atoms with E-state index in [0.29, 0.717) is 29.2 Å². The second kappa shape index (κ2) is 10.9. The third-order valence-corrected chi connectivity index (χ3v) is 3.96. The maximum atomic E-state index is 12.2. The van der Waals surface area contributed by atoms with Crippen LogP contribution in [0.5, 0.6) is 11.5 Å². The van der Waals surface area contributed by atoms with E-state index in [4.69, 9.17) is 21.7 Å². The first-order valence-electron chi connectivity index (χ1n) is 8.82. The molecule has 0 aliphatic rings. The Bertz CT molecular complexity index is 824. The van der Waals surface area contributed by atoms with E-state index < -0.39 is 11.8 Å². The SMILES string of the molecule is CCCCOc1ccc(C(=O)NC(=S)NNC(=O)c2ccccc2OC)cc1. The van der Waals surface area contributed by atoms with Crippen molar-refractivity contribution in [1.82, 2.24) is 16.2 Å². The van der Waals surface area contributed by atoms with Gasteiger partial charge in [0.15, 0.2) is 5.11 Å². The molecule has 148 valence electrons. The Morgan fingerprint density at radius 3 is 2.39 bits per heavy atom. The van der Waals surface area contributed by atoms with Crippen LogP contribution in [0.2, 0.25) is 0 Å². The molecule has 3 N–H and O–H groups in total. The average molecular weight is 401 g/mol. The number of carbonyl (C=O) groups excluding carboxylic acids is 2. The molecule has 7 nitrogen and oxygen atoms in total. The lowest BCUT2D eigenvalue weighted by Crippen LogP contribution is -2.48. The third kappa shape index (κ3) is 6.24. The molecule has 0 saturated heterocycles. The molecule has 0 unspecified atom stereocenters. The van der Waals surface area contributed by atoms with Crippen LogP contribution in [-0.4, -0.2) is 30.6 Å². The number of nitrogens with one attached hydrogen (secondary N) is 3. The first-order chi connectivity index (χ1) is 13.5. The Hall–Kier alpha value is -3.13. The molecule has 0 aromatic heterocycles. The van der Waals surface area contributed by atoms with E-state index >= 15 is 0 Å². The standard InChI is InChI=1S/C20H23N3O4S/c1-3-4-13-27-15-11-9-14(10-12-15)18(24)21-20(28)23-22-19(25)16-7-5-6-8-17(16)26-2/h5-12H,3-4,13H2,1-2H3,(H,22,25)(H2,21,23,24,28). The van der Waals surface area contributed by atoms with Gasteiger partial charge in [-0.2, -0.15) is 0 Å². The Kier molecular flexibility index (Phi) is 8.23. The molecule has 0 bridgehead atoms.